The maximum Gasteiger partial charge on any atom is 0.0614 e. The molecule has 7 aromatic rings. The predicted molar refractivity (Wildman–Crippen MR) is 165 cm³/mol. The normalized spacial score (nSPS) is 13.0. The van der Waals surface area contributed by atoms with Crippen molar-refractivity contribution in [3.63, 3.8) is 0 Å². The summed E-state index contributed by atoms with van der Waals surface area (Å²) in [4.78, 5) is 5.03. The number of nitrogens with zero attached hydrogens (tertiary/aromatic N) is 4. The summed E-state index contributed by atoms with van der Waals surface area (Å²) < 4.78 is 4.20. The number of benzene rings is 4. The van der Waals surface area contributed by atoms with Gasteiger partial charge >= 0.3 is 0 Å². The molecule has 0 bridgehead atoms. The molecule has 41 heavy (non-hydrogen) atoms. The van der Waals surface area contributed by atoms with Gasteiger partial charge in [0.15, 0.2) is 0 Å². The van der Waals surface area contributed by atoms with Crippen LogP contribution in [0.2, 0.25) is 0 Å². The molecule has 1 aliphatic rings. The van der Waals surface area contributed by atoms with Crippen molar-refractivity contribution in [2.45, 2.75) is 40.0 Å². The van der Waals surface area contributed by atoms with Crippen molar-refractivity contribution in [3.8, 4) is 16.8 Å². The summed E-state index contributed by atoms with van der Waals surface area (Å²) in [5.41, 5.74) is 9.78. The number of aryl methyl sites for hydroxylation is 1. The third kappa shape index (κ3) is 4.69. The van der Waals surface area contributed by atoms with Gasteiger partial charge in [-0.05, 0) is 47.2 Å². The molecule has 1 aliphatic heterocycles. The molecule has 207 valence electrons. The number of hydrogen-bond acceptors (Lipinski definition) is 2. The molecule has 1 radical (unpaired) electrons. The first kappa shape index (κ1) is 28.5. The van der Waals surface area contributed by atoms with Gasteiger partial charge in [0.2, 0.25) is 0 Å². The van der Waals surface area contributed by atoms with Crippen LogP contribution in [0.15, 0.2) is 103 Å². The van der Waals surface area contributed by atoms with Crippen molar-refractivity contribution >= 4 is 27.3 Å². The number of pyridine rings is 1. The molecule has 0 saturated carbocycles. The summed E-state index contributed by atoms with van der Waals surface area (Å²) in [7, 11) is 0. The largest absolute Gasteiger partial charge is 0.336 e. The molecule has 3 aromatic heterocycles. The Kier molecular flexibility index (Phi) is 7.70. The van der Waals surface area contributed by atoms with Crippen LogP contribution in [0.3, 0.4) is 0 Å². The first-order chi connectivity index (χ1) is 19.0. The second kappa shape index (κ2) is 11.1. The van der Waals surface area contributed by atoms with Crippen molar-refractivity contribution in [1.82, 2.24) is 19.2 Å². The van der Waals surface area contributed by atoms with Crippen molar-refractivity contribution in [2.24, 2.45) is 0 Å². The van der Waals surface area contributed by atoms with E-state index < -0.39 is 0 Å². The summed E-state index contributed by atoms with van der Waals surface area (Å²) in [6.07, 6.45) is 4.68. The Morgan fingerprint density at radius 3 is 2.37 bits per heavy atom. The molecule has 4 nitrogen and oxygen atoms in total. The maximum atomic E-state index is 5.03. The van der Waals surface area contributed by atoms with Crippen molar-refractivity contribution < 1.29 is 20.1 Å². The second-order valence-corrected chi connectivity index (χ2v) is 10.8. The smallest absolute Gasteiger partial charge is 0.0614 e. The van der Waals surface area contributed by atoms with Crippen LogP contribution in [-0.2, 0) is 31.9 Å². The predicted octanol–water partition coefficient (Wildman–Crippen LogP) is 8.56. The summed E-state index contributed by atoms with van der Waals surface area (Å²) in [6, 6.07) is 37.8. The minimum atomic E-state index is 0. The number of rotatable bonds is 2. The molecule has 0 atom stereocenters. The van der Waals surface area contributed by atoms with E-state index >= 15 is 0 Å². The third-order valence-electron chi connectivity index (χ3n) is 7.69. The van der Waals surface area contributed by atoms with E-state index in [-0.39, 0.29) is 32.9 Å². The Hall–Kier alpha value is -4.05. The van der Waals surface area contributed by atoms with Gasteiger partial charge in [-0.1, -0.05) is 69.1 Å². The van der Waals surface area contributed by atoms with E-state index in [1.807, 2.05) is 42.6 Å². The first-order valence-corrected chi connectivity index (χ1v) is 13.3. The van der Waals surface area contributed by atoms with Crippen molar-refractivity contribution in [2.75, 3.05) is 0 Å². The van der Waals surface area contributed by atoms with E-state index in [0.29, 0.717) is 0 Å². The summed E-state index contributed by atoms with van der Waals surface area (Å²) in [5, 5.41) is 7.73. The van der Waals surface area contributed by atoms with Crippen LogP contribution in [-0.4, -0.2) is 19.2 Å². The average molecular weight is 713 g/mol. The number of hydrogen-bond donors (Lipinski definition) is 0. The van der Waals surface area contributed by atoms with Crippen LogP contribution in [0, 0.1) is 19.1 Å². The number of aromatic nitrogens is 4. The fourth-order valence-electron chi connectivity index (χ4n) is 6.20. The zero-order valence-corrected chi connectivity index (χ0v) is 25.0. The summed E-state index contributed by atoms with van der Waals surface area (Å²) >= 11 is 0. The molecule has 0 spiro atoms. The van der Waals surface area contributed by atoms with Crippen molar-refractivity contribution in [3.05, 3.63) is 132 Å². The van der Waals surface area contributed by atoms with Gasteiger partial charge in [0.25, 0.3) is 0 Å². The summed E-state index contributed by atoms with van der Waals surface area (Å²) in [5.74, 6) is 0. The molecule has 0 saturated heterocycles. The SMILES string of the molecule is C.Cc1nc2c3[c-]cccc3c3c(-c4ccccc4)ccc4c3n2c1C(C)(C)C4.[Ir].[c-]1ccccc1-n1cccn1. The van der Waals surface area contributed by atoms with E-state index in [1.54, 1.807) is 10.9 Å². The number of imidazole rings is 1. The molecule has 4 heterocycles. The Morgan fingerprint density at radius 1 is 0.854 bits per heavy atom. The minimum Gasteiger partial charge on any atom is -0.336 e. The van der Waals surface area contributed by atoms with E-state index in [1.165, 1.54) is 38.7 Å². The number of fused-ring (bicyclic) bond motifs is 3. The topological polar surface area (TPSA) is 35.1 Å². The average Bonchev–Trinajstić information content (AvgIpc) is 3.63. The standard InChI is InChI=1S/C26H21N2.C9H7N2.CH4.Ir/c1-16-24-26(2,3)15-18-13-14-19(17-9-5-4-6-10-17)22-20-11-7-8-12-21(20)25(27-16)28(24)23(18)22;1-2-5-9(6-3-1)11-8-4-7-10-11;;/h4-11,13-14H,15H2,1-3H3;1-5,7-8H;1H4;/q2*-1;;. The van der Waals surface area contributed by atoms with Gasteiger partial charge in [-0.2, -0.15) is 29.4 Å². The quantitative estimate of drug-likeness (QED) is 0.133. The molecular formula is C36H32IrN4-2. The molecule has 8 rings (SSSR count). The van der Waals surface area contributed by atoms with Gasteiger partial charge in [-0.25, -0.2) is 0 Å². The van der Waals surface area contributed by atoms with Gasteiger partial charge in [-0.15, -0.1) is 35.7 Å². The van der Waals surface area contributed by atoms with Crippen LogP contribution < -0.4 is 0 Å². The fraction of sp³-hybridized carbons (Fsp3) is 0.167. The van der Waals surface area contributed by atoms with E-state index in [9.17, 15) is 0 Å². The fourth-order valence-corrected chi connectivity index (χ4v) is 6.20. The molecule has 0 unspecified atom stereocenters. The molecule has 0 aliphatic carbocycles. The minimum absolute atomic E-state index is 0. The van der Waals surface area contributed by atoms with Crippen LogP contribution >= 0.6 is 0 Å². The zero-order valence-electron chi connectivity index (χ0n) is 22.6. The van der Waals surface area contributed by atoms with Crippen LogP contribution in [0.1, 0.15) is 38.2 Å². The van der Waals surface area contributed by atoms with Crippen molar-refractivity contribution in [1.29, 1.82) is 0 Å². The van der Waals surface area contributed by atoms with Gasteiger partial charge in [0, 0.05) is 54.8 Å². The Labute approximate surface area is 255 Å². The Bertz CT molecular complexity index is 1950. The third-order valence-corrected chi connectivity index (χ3v) is 7.69. The van der Waals surface area contributed by atoms with E-state index in [0.717, 1.165) is 28.8 Å². The monoisotopic (exact) mass is 713 g/mol. The first-order valence-electron chi connectivity index (χ1n) is 13.3. The Balaban J connectivity index is 0.000000220. The van der Waals surface area contributed by atoms with Crippen LogP contribution in [0.25, 0.3) is 44.1 Å². The molecular weight excluding hydrogens is 681 g/mol. The molecule has 0 amide bonds. The van der Waals surface area contributed by atoms with Gasteiger partial charge < -0.3 is 4.40 Å². The molecule has 4 aromatic carbocycles. The zero-order chi connectivity index (χ0) is 26.6. The van der Waals surface area contributed by atoms with E-state index in [2.05, 4.69) is 97.0 Å². The molecule has 5 heteroatoms. The van der Waals surface area contributed by atoms with Gasteiger partial charge in [-0.3, -0.25) is 9.67 Å². The van der Waals surface area contributed by atoms with Gasteiger partial charge in [0.05, 0.1) is 5.65 Å². The second-order valence-electron chi connectivity index (χ2n) is 10.8. The van der Waals surface area contributed by atoms with Crippen LogP contribution in [0.4, 0.5) is 0 Å². The van der Waals surface area contributed by atoms with Crippen LogP contribution in [0.5, 0.6) is 0 Å². The Morgan fingerprint density at radius 2 is 1.63 bits per heavy atom. The number of para-hydroxylation sites is 1. The molecule has 0 fully saturated rings. The van der Waals surface area contributed by atoms with Gasteiger partial charge in [0.1, 0.15) is 0 Å². The molecule has 0 N–H and O–H groups in total. The van der Waals surface area contributed by atoms with E-state index in [4.69, 9.17) is 4.98 Å². The maximum absolute atomic E-state index is 5.03. The summed E-state index contributed by atoms with van der Waals surface area (Å²) in [6.45, 7) is 6.82.